The van der Waals surface area contributed by atoms with Crippen molar-refractivity contribution in [1.82, 2.24) is 9.97 Å². The number of nitrogens with zero attached hydrogens (tertiary/aromatic N) is 2. The first kappa shape index (κ1) is 8.42. The zero-order valence-corrected chi connectivity index (χ0v) is 7.50. The van der Waals surface area contributed by atoms with E-state index in [9.17, 15) is 0 Å². The van der Waals surface area contributed by atoms with Gasteiger partial charge >= 0.3 is 0 Å². The first-order valence-electron chi connectivity index (χ1n) is 3.21. The highest BCUT2D eigenvalue weighted by Gasteiger charge is 2.00. The fraction of sp³-hybridized carbons (Fsp3) is 0.333. The van der Waals surface area contributed by atoms with E-state index in [4.69, 9.17) is 11.5 Å². The van der Waals surface area contributed by atoms with Crippen molar-refractivity contribution in [2.75, 3.05) is 12.3 Å². The summed E-state index contributed by atoms with van der Waals surface area (Å²) < 4.78 is 0.858. The van der Waals surface area contributed by atoms with E-state index in [1.54, 1.807) is 6.20 Å². The minimum absolute atomic E-state index is 0.289. The van der Waals surface area contributed by atoms with Crippen molar-refractivity contribution >= 4 is 21.9 Å². The van der Waals surface area contributed by atoms with E-state index < -0.39 is 0 Å². The first-order chi connectivity index (χ1) is 5.24. The maximum atomic E-state index is 5.37. The Morgan fingerprint density at radius 3 is 2.91 bits per heavy atom. The summed E-state index contributed by atoms with van der Waals surface area (Å²) in [6.07, 6.45) is 2.35. The molecule has 11 heavy (non-hydrogen) atoms. The lowest BCUT2D eigenvalue weighted by Crippen LogP contribution is -2.07. The van der Waals surface area contributed by atoms with Crippen LogP contribution in [0.3, 0.4) is 0 Å². The van der Waals surface area contributed by atoms with Crippen molar-refractivity contribution < 1.29 is 0 Å². The Kier molecular flexibility index (Phi) is 2.78. The molecule has 0 aromatic carbocycles. The van der Waals surface area contributed by atoms with Crippen molar-refractivity contribution in [3.05, 3.63) is 16.4 Å². The third kappa shape index (κ3) is 2.13. The van der Waals surface area contributed by atoms with Gasteiger partial charge < -0.3 is 11.5 Å². The van der Waals surface area contributed by atoms with E-state index in [0.717, 1.165) is 10.2 Å². The van der Waals surface area contributed by atoms with E-state index in [1.165, 1.54) is 0 Å². The molecule has 0 radical (unpaired) electrons. The molecule has 4 N–H and O–H groups in total. The lowest BCUT2D eigenvalue weighted by Gasteiger charge is -2.00. The Balaban J connectivity index is 2.93. The normalized spacial score (nSPS) is 10.0. The van der Waals surface area contributed by atoms with E-state index in [2.05, 4.69) is 25.9 Å². The number of nitrogen functional groups attached to an aromatic ring is 1. The number of aromatic nitrogens is 2. The molecule has 5 heteroatoms. The van der Waals surface area contributed by atoms with Gasteiger partial charge in [0.2, 0.25) is 5.95 Å². The second-order valence-electron chi connectivity index (χ2n) is 2.06. The number of halogens is 1. The predicted molar refractivity (Wildman–Crippen MR) is 46.9 cm³/mol. The van der Waals surface area contributed by atoms with Crippen LogP contribution in [-0.4, -0.2) is 16.5 Å². The zero-order chi connectivity index (χ0) is 8.27. The summed E-state index contributed by atoms with van der Waals surface area (Å²) in [4.78, 5) is 7.80. The van der Waals surface area contributed by atoms with Gasteiger partial charge in [-0.2, -0.15) is 0 Å². The molecule has 0 unspecified atom stereocenters. The smallest absolute Gasteiger partial charge is 0.220 e. The van der Waals surface area contributed by atoms with Gasteiger partial charge in [-0.3, -0.25) is 0 Å². The highest BCUT2D eigenvalue weighted by Crippen LogP contribution is 2.13. The van der Waals surface area contributed by atoms with Gasteiger partial charge in [0.25, 0.3) is 0 Å². The number of nitrogens with two attached hydrogens (primary N) is 2. The molecule has 0 bridgehead atoms. The molecule has 0 fully saturated rings. The molecule has 0 atom stereocenters. The lowest BCUT2D eigenvalue weighted by molar-refractivity contribution is 0.906. The highest BCUT2D eigenvalue weighted by molar-refractivity contribution is 9.10. The van der Waals surface area contributed by atoms with Crippen LogP contribution in [0.1, 0.15) is 5.69 Å². The minimum atomic E-state index is 0.289. The maximum Gasteiger partial charge on any atom is 0.220 e. The zero-order valence-electron chi connectivity index (χ0n) is 5.92. The molecular weight excluding hydrogens is 208 g/mol. The van der Waals surface area contributed by atoms with Gasteiger partial charge in [-0.25, -0.2) is 9.97 Å². The molecule has 1 aromatic rings. The molecule has 0 aliphatic rings. The molecule has 60 valence electrons. The molecular formula is C6H9BrN4. The van der Waals surface area contributed by atoms with Crippen molar-refractivity contribution in [3.8, 4) is 0 Å². The van der Waals surface area contributed by atoms with Gasteiger partial charge in [0.1, 0.15) is 0 Å². The van der Waals surface area contributed by atoms with Crippen molar-refractivity contribution in [3.63, 3.8) is 0 Å². The molecule has 0 saturated heterocycles. The summed E-state index contributed by atoms with van der Waals surface area (Å²) >= 11 is 3.30. The van der Waals surface area contributed by atoms with Crippen LogP contribution >= 0.6 is 15.9 Å². The molecule has 0 aliphatic carbocycles. The summed E-state index contributed by atoms with van der Waals surface area (Å²) in [7, 11) is 0. The molecule has 4 nitrogen and oxygen atoms in total. The molecule has 1 rings (SSSR count). The van der Waals surface area contributed by atoms with Gasteiger partial charge in [0.15, 0.2) is 0 Å². The number of hydrogen-bond acceptors (Lipinski definition) is 4. The van der Waals surface area contributed by atoms with E-state index in [0.29, 0.717) is 13.0 Å². The Morgan fingerprint density at radius 1 is 1.55 bits per heavy atom. The van der Waals surface area contributed by atoms with Gasteiger partial charge in [0, 0.05) is 12.6 Å². The molecule has 0 spiro atoms. The van der Waals surface area contributed by atoms with Gasteiger partial charge in [-0.05, 0) is 22.5 Å². The topological polar surface area (TPSA) is 77.8 Å². The van der Waals surface area contributed by atoms with Crippen LogP contribution in [0, 0.1) is 0 Å². The number of rotatable bonds is 2. The summed E-state index contributed by atoms with van der Waals surface area (Å²) in [5.41, 5.74) is 11.6. The number of anilines is 1. The van der Waals surface area contributed by atoms with Crippen LogP contribution in [0.5, 0.6) is 0 Å². The Hall–Kier alpha value is -0.680. The third-order valence-electron chi connectivity index (χ3n) is 1.22. The van der Waals surface area contributed by atoms with E-state index in [1.807, 2.05) is 0 Å². The predicted octanol–water partition coefficient (Wildman–Crippen LogP) is 0.323. The Morgan fingerprint density at radius 2 is 2.27 bits per heavy atom. The highest BCUT2D eigenvalue weighted by atomic mass is 79.9. The van der Waals surface area contributed by atoms with Crippen LogP contribution in [0.15, 0.2) is 10.7 Å². The average molecular weight is 217 g/mol. The standard InChI is InChI=1S/C6H9BrN4/c7-4-3-10-6(9)11-5(4)1-2-8/h3H,1-2,8H2,(H2,9,10,11). The molecule has 1 heterocycles. The van der Waals surface area contributed by atoms with Crippen LogP contribution in [0.25, 0.3) is 0 Å². The first-order valence-corrected chi connectivity index (χ1v) is 4.00. The van der Waals surface area contributed by atoms with Gasteiger partial charge in [-0.15, -0.1) is 0 Å². The third-order valence-corrected chi connectivity index (χ3v) is 1.88. The van der Waals surface area contributed by atoms with E-state index >= 15 is 0 Å². The quantitative estimate of drug-likeness (QED) is 0.747. The minimum Gasteiger partial charge on any atom is -0.368 e. The molecule has 0 amide bonds. The second kappa shape index (κ2) is 3.64. The Labute approximate surface area is 73.1 Å². The molecule has 0 saturated carbocycles. The Bertz CT molecular complexity index is 250. The maximum absolute atomic E-state index is 5.37. The SMILES string of the molecule is NCCc1nc(N)ncc1Br. The van der Waals surface area contributed by atoms with E-state index in [-0.39, 0.29) is 5.95 Å². The van der Waals surface area contributed by atoms with Gasteiger partial charge in [-0.1, -0.05) is 0 Å². The average Bonchev–Trinajstić information content (AvgIpc) is 1.98. The van der Waals surface area contributed by atoms with Crippen molar-refractivity contribution in [2.24, 2.45) is 5.73 Å². The fourth-order valence-corrected chi connectivity index (χ4v) is 1.12. The van der Waals surface area contributed by atoms with Crippen LogP contribution in [0.2, 0.25) is 0 Å². The fourth-order valence-electron chi connectivity index (χ4n) is 0.730. The van der Waals surface area contributed by atoms with Crippen LogP contribution in [-0.2, 0) is 6.42 Å². The molecule has 0 aliphatic heterocycles. The van der Waals surface area contributed by atoms with Crippen LogP contribution < -0.4 is 11.5 Å². The monoisotopic (exact) mass is 216 g/mol. The largest absolute Gasteiger partial charge is 0.368 e. The summed E-state index contributed by atoms with van der Waals surface area (Å²) in [6, 6.07) is 0. The van der Waals surface area contributed by atoms with Gasteiger partial charge in [0.05, 0.1) is 10.2 Å². The molecule has 1 aromatic heterocycles. The summed E-state index contributed by atoms with van der Waals surface area (Å²) in [5, 5.41) is 0. The summed E-state index contributed by atoms with van der Waals surface area (Å²) in [5.74, 6) is 0.289. The van der Waals surface area contributed by atoms with Crippen LogP contribution in [0.4, 0.5) is 5.95 Å². The summed E-state index contributed by atoms with van der Waals surface area (Å²) in [6.45, 7) is 0.565. The van der Waals surface area contributed by atoms with Crippen molar-refractivity contribution in [2.45, 2.75) is 6.42 Å². The lowest BCUT2D eigenvalue weighted by atomic mass is 10.3. The second-order valence-corrected chi connectivity index (χ2v) is 2.92. The van der Waals surface area contributed by atoms with Crippen molar-refractivity contribution in [1.29, 1.82) is 0 Å². The number of hydrogen-bond donors (Lipinski definition) is 2.